The fraction of sp³-hybridized carbons (Fsp3) is 0.580. The zero-order chi connectivity index (χ0) is 54.3. The first-order valence-corrected chi connectivity index (χ1v) is 30.0. The van der Waals surface area contributed by atoms with Crippen molar-refractivity contribution < 1.29 is 28.6 Å². The number of carbonyl (C=O) groups excluding carboxylic acids is 3. The summed E-state index contributed by atoms with van der Waals surface area (Å²) in [5, 5.41) is 0. The summed E-state index contributed by atoms with van der Waals surface area (Å²) in [7, 11) is 0. The maximum Gasteiger partial charge on any atom is 0.306 e. The van der Waals surface area contributed by atoms with Crippen LogP contribution in [0, 0.1) is 0 Å². The van der Waals surface area contributed by atoms with Gasteiger partial charge in [0.05, 0.1) is 0 Å². The molecule has 0 saturated heterocycles. The Hall–Kier alpha value is -4.97. The van der Waals surface area contributed by atoms with Crippen molar-refractivity contribution in [2.45, 2.75) is 245 Å². The lowest BCUT2D eigenvalue weighted by Gasteiger charge is -2.18. The first kappa shape index (κ1) is 70.0. The maximum atomic E-state index is 12.7. The highest BCUT2D eigenvalue weighted by Crippen LogP contribution is 2.14. The van der Waals surface area contributed by atoms with Crippen molar-refractivity contribution in [1.29, 1.82) is 0 Å². The maximum absolute atomic E-state index is 12.7. The average molecular weight is 1030 g/mol. The van der Waals surface area contributed by atoms with Crippen molar-refractivity contribution in [3.63, 3.8) is 0 Å². The first-order valence-electron chi connectivity index (χ1n) is 30.0. The molecule has 0 heterocycles. The molecule has 0 radical (unpaired) electrons. The van der Waals surface area contributed by atoms with Crippen LogP contribution in [0.2, 0.25) is 0 Å². The summed E-state index contributed by atoms with van der Waals surface area (Å²) in [4.78, 5) is 37.8. The normalized spacial score (nSPS) is 13.3. The van der Waals surface area contributed by atoms with Crippen molar-refractivity contribution >= 4 is 17.9 Å². The molecular weight excluding hydrogens is 925 g/mol. The number of esters is 3. The highest BCUT2D eigenvalue weighted by atomic mass is 16.6. The second-order valence-corrected chi connectivity index (χ2v) is 19.1. The zero-order valence-corrected chi connectivity index (χ0v) is 48.0. The molecule has 1 atom stereocenters. The molecule has 0 aliphatic heterocycles. The fourth-order valence-electron chi connectivity index (χ4n) is 7.62. The quantitative estimate of drug-likeness (QED) is 0.0261. The summed E-state index contributed by atoms with van der Waals surface area (Å²) in [5.41, 5.74) is 0. The summed E-state index contributed by atoms with van der Waals surface area (Å²) in [6.07, 6.45) is 90.2. The minimum absolute atomic E-state index is 0.115. The molecule has 0 aromatic rings. The largest absolute Gasteiger partial charge is 0.462 e. The van der Waals surface area contributed by atoms with Gasteiger partial charge in [0.15, 0.2) is 6.10 Å². The van der Waals surface area contributed by atoms with Crippen molar-refractivity contribution in [3.05, 3.63) is 158 Å². The third-order valence-electron chi connectivity index (χ3n) is 12.0. The Kier molecular flexibility index (Phi) is 57.5. The summed E-state index contributed by atoms with van der Waals surface area (Å²) >= 11 is 0. The van der Waals surface area contributed by atoms with Crippen molar-refractivity contribution in [3.8, 4) is 0 Å². The Morgan fingerprint density at radius 3 is 0.867 bits per heavy atom. The van der Waals surface area contributed by atoms with E-state index in [1.54, 1.807) is 0 Å². The SMILES string of the molecule is CC/C=C\C/C=C\C/C=C\C/C=C\C/C=C\C/C=C\C/C=C\CCCCCCCCCCCCCC(=O)OCC(COC(=O)CCCCCCC)OC(=O)CC/C=C\C/C=C\C/C=C\C/C=C\C/C=C\C/C=C\CC. The molecule has 1 unspecified atom stereocenters. The van der Waals surface area contributed by atoms with Crippen LogP contribution in [0.25, 0.3) is 0 Å². The lowest BCUT2D eigenvalue weighted by Crippen LogP contribution is -2.30. The van der Waals surface area contributed by atoms with Gasteiger partial charge in [0.2, 0.25) is 0 Å². The van der Waals surface area contributed by atoms with E-state index < -0.39 is 12.1 Å². The van der Waals surface area contributed by atoms with Crippen molar-refractivity contribution in [2.75, 3.05) is 13.2 Å². The third-order valence-corrected chi connectivity index (χ3v) is 12.0. The van der Waals surface area contributed by atoms with Gasteiger partial charge in [0, 0.05) is 19.3 Å². The van der Waals surface area contributed by atoms with Gasteiger partial charge in [-0.3, -0.25) is 14.4 Å². The number of ether oxygens (including phenoxy) is 3. The van der Waals surface area contributed by atoms with Crippen LogP contribution in [0.4, 0.5) is 0 Å². The number of hydrogen-bond acceptors (Lipinski definition) is 6. The Morgan fingerprint density at radius 1 is 0.280 bits per heavy atom. The molecule has 0 amide bonds. The molecule has 0 N–H and O–H groups in total. The highest BCUT2D eigenvalue weighted by Gasteiger charge is 2.19. The number of hydrogen-bond donors (Lipinski definition) is 0. The molecule has 0 aliphatic carbocycles. The number of allylic oxidation sites excluding steroid dienone is 26. The molecule has 0 spiro atoms. The van der Waals surface area contributed by atoms with Gasteiger partial charge in [-0.25, -0.2) is 0 Å². The molecule has 75 heavy (non-hydrogen) atoms. The summed E-state index contributed by atoms with van der Waals surface area (Å²) < 4.78 is 16.6. The molecule has 6 nitrogen and oxygen atoms in total. The Bertz CT molecular complexity index is 1710. The van der Waals surface area contributed by atoms with E-state index in [0.717, 1.165) is 135 Å². The van der Waals surface area contributed by atoms with E-state index in [-0.39, 0.29) is 31.6 Å². The van der Waals surface area contributed by atoms with Gasteiger partial charge in [0.1, 0.15) is 13.2 Å². The number of rotatable bonds is 52. The van der Waals surface area contributed by atoms with Crippen LogP contribution in [-0.4, -0.2) is 37.2 Å². The molecule has 0 aromatic heterocycles. The predicted octanol–water partition coefficient (Wildman–Crippen LogP) is 20.5. The molecule has 420 valence electrons. The molecular formula is C69H108O6. The first-order chi connectivity index (χ1) is 37.0. The number of carbonyl (C=O) groups is 3. The van der Waals surface area contributed by atoms with Gasteiger partial charge in [-0.15, -0.1) is 0 Å². The standard InChI is InChI=1S/C69H108O6/c1-4-7-10-13-15-17-19-21-23-25-27-28-29-30-31-32-33-34-35-36-37-38-39-40-42-43-45-47-49-51-53-56-59-62-68(71)74-65-66(64-73-67(70)61-58-55-12-9-6-3)75-69(72)63-60-57-54-52-50-48-46-44-41-26-24-22-20-18-16-14-11-8-5-2/h7-8,10-11,15-18,21-24,27-28,30-31,33-34,36-37,41,44,48,50,54,57,66H,4-6,9,12-14,19-20,25-26,29,32,35,38-40,42-43,45-47,49,51-53,55-56,58-65H2,1-3H3/b10-7-,11-8-,17-15-,18-16-,23-21-,24-22-,28-27-,31-30-,34-33-,37-36-,44-41-,50-48-,57-54-. The van der Waals surface area contributed by atoms with Gasteiger partial charge < -0.3 is 14.2 Å². The van der Waals surface area contributed by atoms with E-state index in [1.165, 1.54) is 57.8 Å². The van der Waals surface area contributed by atoms with E-state index >= 15 is 0 Å². The predicted molar refractivity (Wildman–Crippen MR) is 325 cm³/mol. The van der Waals surface area contributed by atoms with E-state index in [9.17, 15) is 14.4 Å². The lowest BCUT2D eigenvalue weighted by molar-refractivity contribution is -0.166. The van der Waals surface area contributed by atoms with E-state index in [4.69, 9.17) is 14.2 Å². The molecule has 0 fully saturated rings. The molecule has 0 saturated carbocycles. The lowest BCUT2D eigenvalue weighted by atomic mass is 10.0. The molecule has 0 bridgehead atoms. The van der Waals surface area contributed by atoms with Gasteiger partial charge >= 0.3 is 17.9 Å². The van der Waals surface area contributed by atoms with Crippen LogP contribution >= 0.6 is 0 Å². The van der Waals surface area contributed by atoms with Crippen molar-refractivity contribution in [1.82, 2.24) is 0 Å². The zero-order valence-electron chi connectivity index (χ0n) is 48.0. The molecule has 6 heteroatoms. The number of unbranched alkanes of at least 4 members (excludes halogenated alkanes) is 15. The highest BCUT2D eigenvalue weighted by molar-refractivity contribution is 5.71. The van der Waals surface area contributed by atoms with Crippen LogP contribution in [0.3, 0.4) is 0 Å². The van der Waals surface area contributed by atoms with Gasteiger partial charge in [0.25, 0.3) is 0 Å². The van der Waals surface area contributed by atoms with Crippen LogP contribution in [0.1, 0.15) is 239 Å². The second kappa shape index (κ2) is 61.6. The van der Waals surface area contributed by atoms with Gasteiger partial charge in [-0.05, 0) is 116 Å². The topological polar surface area (TPSA) is 78.9 Å². The summed E-state index contributed by atoms with van der Waals surface area (Å²) in [6, 6.07) is 0. The van der Waals surface area contributed by atoms with Gasteiger partial charge in [-0.1, -0.05) is 262 Å². The van der Waals surface area contributed by atoms with Crippen LogP contribution in [-0.2, 0) is 28.6 Å². The third kappa shape index (κ3) is 59.8. The molecule has 0 rings (SSSR count). The van der Waals surface area contributed by atoms with E-state index in [1.807, 2.05) is 12.2 Å². The van der Waals surface area contributed by atoms with E-state index in [2.05, 4.69) is 167 Å². The minimum atomic E-state index is -0.822. The Balaban J connectivity index is 4.14. The van der Waals surface area contributed by atoms with Crippen LogP contribution < -0.4 is 0 Å². The summed E-state index contributed by atoms with van der Waals surface area (Å²) in [5.74, 6) is -1.02. The second-order valence-electron chi connectivity index (χ2n) is 19.1. The Labute approximate surface area is 460 Å². The summed E-state index contributed by atoms with van der Waals surface area (Å²) in [6.45, 7) is 6.24. The van der Waals surface area contributed by atoms with E-state index in [0.29, 0.717) is 19.3 Å². The van der Waals surface area contributed by atoms with Gasteiger partial charge in [-0.2, -0.15) is 0 Å². The van der Waals surface area contributed by atoms with Crippen LogP contribution in [0.5, 0.6) is 0 Å². The fourth-order valence-corrected chi connectivity index (χ4v) is 7.62. The van der Waals surface area contributed by atoms with Crippen molar-refractivity contribution in [2.24, 2.45) is 0 Å². The smallest absolute Gasteiger partial charge is 0.306 e. The molecule has 0 aliphatic rings. The average Bonchev–Trinajstić information content (AvgIpc) is 3.41. The molecule has 0 aromatic carbocycles. The van der Waals surface area contributed by atoms with Crippen LogP contribution in [0.15, 0.2) is 158 Å². The minimum Gasteiger partial charge on any atom is -0.462 e. The Morgan fingerprint density at radius 2 is 0.547 bits per heavy atom. The monoisotopic (exact) mass is 1030 g/mol.